The van der Waals surface area contributed by atoms with Gasteiger partial charge in [-0.05, 0) is 27.2 Å². The molecule has 2 N–H and O–H groups in total. The van der Waals surface area contributed by atoms with Crippen LogP contribution >= 0.6 is 0 Å². The van der Waals surface area contributed by atoms with Crippen molar-refractivity contribution >= 4 is 11.8 Å². The molecule has 0 radical (unpaired) electrons. The lowest BCUT2D eigenvalue weighted by Crippen LogP contribution is -2.72. The van der Waals surface area contributed by atoms with Gasteiger partial charge < -0.3 is 0 Å². The fraction of sp³-hybridized carbons (Fsp3) is 0.778. The molecule has 0 bridgehead atoms. The number of imide groups is 1. The molecule has 1 aliphatic rings. The number of piperazine rings is 1. The summed E-state index contributed by atoms with van der Waals surface area (Å²) in [6.45, 7) is 7.25. The molecule has 1 saturated heterocycles. The molecular weight excluding hydrogens is 168 g/mol. The molecule has 13 heavy (non-hydrogen) atoms. The number of rotatable bonds is 1. The first kappa shape index (κ1) is 10.2. The molecule has 1 fully saturated rings. The van der Waals surface area contributed by atoms with Gasteiger partial charge in [-0.25, -0.2) is 0 Å². The summed E-state index contributed by atoms with van der Waals surface area (Å²) in [4.78, 5) is 22.8. The zero-order valence-electron chi connectivity index (χ0n) is 8.52. The maximum Gasteiger partial charge on any atom is 0.246 e. The maximum atomic E-state index is 11.5. The van der Waals surface area contributed by atoms with E-state index in [9.17, 15) is 9.59 Å². The van der Waals surface area contributed by atoms with Gasteiger partial charge in [0.2, 0.25) is 11.8 Å². The number of carbonyl (C=O) groups excluding carboxylic acids is 2. The molecule has 1 atom stereocenters. The van der Waals surface area contributed by atoms with Crippen LogP contribution in [0.3, 0.4) is 0 Å². The van der Waals surface area contributed by atoms with Crippen LogP contribution in [0.1, 0.15) is 34.1 Å². The Bertz CT molecular complexity index is 260. The largest absolute Gasteiger partial charge is 0.293 e. The summed E-state index contributed by atoms with van der Waals surface area (Å²) in [7, 11) is 0. The number of hydrogen-bond donors (Lipinski definition) is 2. The predicted molar refractivity (Wildman–Crippen MR) is 49.1 cm³/mol. The summed E-state index contributed by atoms with van der Waals surface area (Å²) in [5.41, 5.74) is -1.30. The Morgan fingerprint density at radius 1 is 1.15 bits per heavy atom. The normalized spacial score (nSPS) is 32.9. The first-order chi connectivity index (χ1) is 5.82. The first-order valence-electron chi connectivity index (χ1n) is 4.47. The van der Waals surface area contributed by atoms with Gasteiger partial charge in [-0.1, -0.05) is 6.92 Å². The van der Waals surface area contributed by atoms with Crippen LogP contribution in [0.15, 0.2) is 0 Å². The molecule has 1 unspecified atom stereocenters. The first-order valence-corrected chi connectivity index (χ1v) is 4.47. The van der Waals surface area contributed by atoms with Crippen molar-refractivity contribution in [2.75, 3.05) is 0 Å². The Labute approximate surface area is 78.1 Å². The van der Waals surface area contributed by atoms with Crippen molar-refractivity contribution in [1.82, 2.24) is 10.6 Å². The van der Waals surface area contributed by atoms with Crippen molar-refractivity contribution in [2.24, 2.45) is 0 Å². The van der Waals surface area contributed by atoms with Crippen LogP contribution in [-0.2, 0) is 9.59 Å². The minimum atomic E-state index is -0.668. The molecule has 0 aliphatic carbocycles. The van der Waals surface area contributed by atoms with E-state index < -0.39 is 11.1 Å². The van der Waals surface area contributed by atoms with Crippen LogP contribution in [0.2, 0.25) is 0 Å². The summed E-state index contributed by atoms with van der Waals surface area (Å²) in [6.07, 6.45) is 0.662. The molecule has 4 heteroatoms. The third-order valence-electron chi connectivity index (χ3n) is 2.59. The Balaban J connectivity index is 2.95. The van der Waals surface area contributed by atoms with Gasteiger partial charge >= 0.3 is 0 Å². The summed E-state index contributed by atoms with van der Waals surface area (Å²) < 4.78 is 0. The molecular formula is C9H16N2O2. The summed E-state index contributed by atoms with van der Waals surface area (Å²) in [5, 5.41) is 5.43. The average molecular weight is 184 g/mol. The van der Waals surface area contributed by atoms with Gasteiger partial charge in [0, 0.05) is 0 Å². The quantitative estimate of drug-likeness (QED) is 0.571. The maximum absolute atomic E-state index is 11.5. The smallest absolute Gasteiger partial charge is 0.246 e. The van der Waals surface area contributed by atoms with Gasteiger partial charge in [0.15, 0.2) is 0 Å². The van der Waals surface area contributed by atoms with E-state index in [-0.39, 0.29) is 11.8 Å². The van der Waals surface area contributed by atoms with E-state index in [1.54, 1.807) is 20.8 Å². The highest BCUT2D eigenvalue weighted by molar-refractivity contribution is 6.06. The average Bonchev–Trinajstić information content (AvgIpc) is 2.01. The lowest BCUT2D eigenvalue weighted by Gasteiger charge is -2.41. The van der Waals surface area contributed by atoms with E-state index in [0.717, 1.165) is 0 Å². The van der Waals surface area contributed by atoms with Gasteiger partial charge in [0.05, 0.1) is 11.1 Å². The van der Waals surface area contributed by atoms with Crippen molar-refractivity contribution in [2.45, 2.75) is 45.2 Å². The monoisotopic (exact) mass is 184 g/mol. The zero-order chi connectivity index (χ0) is 10.3. The second-order valence-corrected chi connectivity index (χ2v) is 4.22. The minimum absolute atomic E-state index is 0.237. The predicted octanol–water partition coefficient (Wildman–Crippen LogP) is 0.180. The summed E-state index contributed by atoms with van der Waals surface area (Å²) >= 11 is 0. The van der Waals surface area contributed by atoms with Gasteiger partial charge in [-0.2, -0.15) is 0 Å². The van der Waals surface area contributed by atoms with Crippen LogP contribution in [0, 0.1) is 0 Å². The Morgan fingerprint density at radius 2 is 1.69 bits per heavy atom. The van der Waals surface area contributed by atoms with Crippen LogP contribution in [0.4, 0.5) is 0 Å². The van der Waals surface area contributed by atoms with Crippen LogP contribution in [0.25, 0.3) is 0 Å². The lowest BCUT2D eigenvalue weighted by molar-refractivity contribution is -0.143. The Kier molecular flexibility index (Phi) is 2.20. The summed E-state index contributed by atoms with van der Waals surface area (Å²) in [6, 6.07) is 0. The third-order valence-corrected chi connectivity index (χ3v) is 2.59. The highest BCUT2D eigenvalue weighted by Crippen LogP contribution is 2.20. The molecule has 1 aliphatic heterocycles. The van der Waals surface area contributed by atoms with E-state index in [1.165, 1.54) is 0 Å². The minimum Gasteiger partial charge on any atom is -0.293 e. The fourth-order valence-corrected chi connectivity index (χ4v) is 1.45. The molecule has 74 valence electrons. The molecule has 0 spiro atoms. The molecule has 4 nitrogen and oxygen atoms in total. The van der Waals surface area contributed by atoms with Crippen molar-refractivity contribution in [3.63, 3.8) is 0 Å². The molecule has 0 saturated carbocycles. The van der Waals surface area contributed by atoms with Gasteiger partial charge in [-0.3, -0.25) is 20.2 Å². The Morgan fingerprint density at radius 3 is 2.15 bits per heavy atom. The van der Waals surface area contributed by atoms with Gasteiger partial charge in [0.25, 0.3) is 0 Å². The van der Waals surface area contributed by atoms with E-state index >= 15 is 0 Å². The van der Waals surface area contributed by atoms with E-state index in [2.05, 4.69) is 10.6 Å². The van der Waals surface area contributed by atoms with E-state index in [0.29, 0.717) is 6.42 Å². The number of nitrogens with one attached hydrogen (secondary N) is 2. The number of carbonyl (C=O) groups is 2. The topological polar surface area (TPSA) is 58.2 Å². The molecule has 1 heterocycles. The standard InChI is InChI=1S/C9H16N2O2/c1-5-9(4)7(13)10-6(12)8(2,3)11-9/h11H,5H2,1-4H3,(H,10,12,13). The van der Waals surface area contributed by atoms with Crippen molar-refractivity contribution in [3.05, 3.63) is 0 Å². The van der Waals surface area contributed by atoms with Crippen LogP contribution in [0.5, 0.6) is 0 Å². The molecule has 0 aromatic carbocycles. The zero-order valence-corrected chi connectivity index (χ0v) is 8.52. The van der Waals surface area contributed by atoms with Gasteiger partial charge in [0.1, 0.15) is 0 Å². The molecule has 0 aromatic rings. The SMILES string of the molecule is CCC1(C)NC(C)(C)C(=O)NC1=O. The summed E-state index contributed by atoms with van der Waals surface area (Å²) in [5.74, 6) is -0.497. The number of amides is 2. The molecule has 0 aromatic heterocycles. The highest BCUT2D eigenvalue weighted by Gasteiger charge is 2.45. The second kappa shape index (κ2) is 2.80. The highest BCUT2D eigenvalue weighted by atomic mass is 16.2. The molecule has 2 amide bonds. The second-order valence-electron chi connectivity index (χ2n) is 4.22. The van der Waals surface area contributed by atoms with Crippen molar-refractivity contribution in [3.8, 4) is 0 Å². The van der Waals surface area contributed by atoms with Gasteiger partial charge in [-0.15, -0.1) is 0 Å². The lowest BCUT2D eigenvalue weighted by atomic mass is 9.88. The van der Waals surface area contributed by atoms with Crippen LogP contribution in [-0.4, -0.2) is 22.9 Å². The third kappa shape index (κ3) is 1.58. The number of hydrogen-bond acceptors (Lipinski definition) is 3. The van der Waals surface area contributed by atoms with E-state index in [1.807, 2.05) is 6.92 Å². The molecule has 1 rings (SSSR count). The Hall–Kier alpha value is -0.900. The van der Waals surface area contributed by atoms with Crippen LogP contribution < -0.4 is 10.6 Å². The van der Waals surface area contributed by atoms with Crippen molar-refractivity contribution < 1.29 is 9.59 Å². The fourth-order valence-electron chi connectivity index (χ4n) is 1.45. The van der Waals surface area contributed by atoms with Crippen molar-refractivity contribution in [1.29, 1.82) is 0 Å². The van der Waals surface area contributed by atoms with E-state index in [4.69, 9.17) is 0 Å².